The number of aromatic nitrogens is 1. The molecule has 0 aliphatic heterocycles. The van der Waals surface area contributed by atoms with Crippen molar-refractivity contribution < 1.29 is 4.79 Å². The van der Waals surface area contributed by atoms with Crippen LogP contribution in [0.4, 0.5) is 5.69 Å². The molecule has 1 N–H and O–H groups in total. The van der Waals surface area contributed by atoms with Crippen molar-refractivity contribution in [1.82, 2.24) is 4.98 Å². The molecule has 1 aromatic heterocycles. The van der Waals surface area contributed by atoms with Gasteiger partial charge < -0.3 is 5.32 Å². The van der Waals surface area contributed by atoms with E-state index in [4.69, 9.17) is 34.8 Å². The molecule has 0 atom stereocenters. The predicted molar refractivity (Wildman–Crippen MR) is 78.2 cm³/mol. The van der Waals surface area contributed by atoms with Crippen molar-refractivity contribution in [3.05, 3.63) is 57.8 Å². The zero-order valence-corrected chi connectivity index (χ0v) is 11.9. The molecule has 0 radical (unpaired) electrons. The quantitative estimate of drug-likeness (QED) is 0.854. The van der Waals surface area contributed by atoms with Crippen LogP contribution in [-0.2, 0) is 5.88 Å². The zero-order valence-electron chi connectivity index (χ0n) is 9.66. The van der Waals surface area contributed by atoms with Gasteiger partial charge in [-0.1, -0.05) is 23.2 Å². The minimum Gasteiger partial charge on any atom is -0.321 e. The van der Waals surface area contributed by atoms with Crippen LogP contribution in [0.2, 0.25) is 10.0 Å². The van der Waals surface area contributed by atoms with E-state index in [0.29, 0.717) is 27.2 Å². The zero-order chi connectivity index (χ0) is 13.8. The highest BCUT2D eigenvalue weighted by atomic mass is 35.5. The van der Waals surface area contributed by atoms with Crippen LogP contribution in [0.25, 0.3) is 0 Å². The van der Waals surface area contributed by atoms with Gasteiger partial charge in [-0.2, -0.15) is 0 Å². The van der Waals surface area contributed by atoms with E-state index in [0.717, 1.165) is 5.69 Å². The van der Waals surface area contributed by atoms with Crippen LogP contribution in [0.1, 0.15) is 16.1 Å². The lowest BCUT2D eigenvalue weighted by Gasteiger charge is -2.06. The average Bonchev–Trinajstić information content (AvgIpc) is 2.42. The smallest absolute Gasteiger partial charge is 0.255 e. The van der Waals surface area contributed by atoms with E-state index in [2.05, 4.69) is 10.3 Å². The van der Waals surface area contributed by atoms with E-state index in [1.54, 1.807) is 30.5 Å². The Bertz CT molecular complexity index is 599. The van der Waals surface area contributed by atoms with Crippen LogP contribution in [0.3, 0.4) is 0 Å². The number of rotatable bonds is 3. The highest BCUT2D eigenvalue weighted by Crippen LogP contribution is 2.23. The molecule has 1 aromatic carbocycles. The largest absolute Gasteiger partial charge is 0.321 e. The van der Waals surface area contributed by atoms with Gasteiger partial charge in [-0.3, -0.25) is 9.78 Å². The first-order valence-electron chi connectivity index (χ1n) is 5.37. The number of benzene rings is 1. The SMILES string of the molecule is O=C(Nc1ccc(CCl)nc1)c1ccc(Cl)c(Cl)c1. The molecule has 2 rings (SSSR count). The number of hydrogen-bond acceptors (Lipinski definition) is 2. The minimum atomic E-state index is -0.279. The molecular weight excluding hydrogens is 307 g/mol. The Morgan fingerprint density at radius 2 is 1.95 bits per heavy atom. The summed E-state index contributed by atoms with van der Waals surface area (Å²) >= 11 is 17.3. The van der Waals surface area contributed by atoms with E-state index in [1.807, 2.05) is 0 Å². The first kappa shape index (κ1) is 14.1. The number of hydrogen-bond donors (Lipinski definition) is 1. The van der Waals surface area contributed by atoms with Gasteiger partial charge in [0.1, 0.15) is 0 Å². The number of nitrogens with one attached hydrogen (secondary N) is 1. The van der Waals surface area contributed by atoms with Gasteiger partial charge in [-0.15, -0.1) is 11.6 Å². The predicted octanol–water partition coefficient (Wildman–Crippen LogP) is 4.38. The number of halogens is 3. The average molecular weight is 316 g/mol. The Balaban J connectivity index is 2.13. The van der Waals surface area contributed by atoms with Gasteiger partial charge in [0.2, 0.25) is 0 Å². The molecule has 0 aliphatic carbocycles. The lowest BCUT2D eigenvalue weighted by molar-refractivity contribution is 0.102. The Hall–Kier alpha value is -1.29. The van der Waals surface area contributed by atoms with Crippen molar-refractivity contribution in [2.45, 2.75) is 5.88 Å². The lowest BCUT2D eigenvalue weighted by Crippen LogP contribution is -2.12. The van der Waals surface area contributed by atoms with Crippen LogP contribution in [0, 0.1) is 0 Å². The first-order chi connectivity index (χ1) is 9.10. The Labute approximate surface area is 125 Å². The molecule has 0 aliphatic rings. The van der Waals surface area contributed by atoms with Gasteiger partial charge in [0.05, 0.1) is 33.5 Å². The monoisotopic (exact) mass is 314 g/mol. The van der Waals surface area contributed by atoms with Gasteiger partial charge in [0.15, 0.2) is 0 Å². The second-order valence-corrected chi connectivity index (χ2v) is 4.84. The molecule has 0 fully saturated rings. The summed E-state index contributed by atoms with van der Waals surface area (Å²) in [6.07, 6.45) is 1.55. The van der Waals surface area contributed by atoms with Crippen molar-refractivity contribution in [1.29, 1.82) is 0 Å². The molecule has 1 heterocycles. The summed E-state index contributed by atoms with van der Waals surface area (Å²) in [5, 5.41) is 3.46. The van der Waals surface area contributed by atoms with Gasteiger partial charge >= 0.3 is 0 Å². The van der Waals surface area contributed by atoms with Gasteiger partial charge in [-0.05, 0) is 30.3 Å². The van der Waals surface area contributed by atoms with E-state index in [-0.39, 0.29) is 5.91 Å². The molecule has 0 spiro atoms. The molecule has 3 nitrogen and oxygen atoms in total. The summed E-state index contributed by atoms with van der Waals surface area (Å²) in [6.45, 7) is 0. The molecule has 6 heteroatoms. The Kier molecular flexibility index (Phi) is 4.64. The van der Waals surface area contributed by atoms with Crippen molar-refractivity contribution >= 4 is 46.4 Å². The van der Waals surface area contributed by atoms with Gasteiger partial charge in [-0.25, -0.2) is 0 Å². The van der Waals surface area contributed by atoms with Gasteiger partial charge in [0.25, 0.3) is 5.91 Å². The molecule has 1 amide bonds. The van der Waals surface area contributed by atoms with Crippen LogP contribution in [-0.4, -0.2) is 10.9 Å². The fraction of sp³-hybridized carbons (Fsp3) is 0.0769. The summed E-state index contributed by atoms with van der Waals surface area (Å²) in [4.78, 5) is 16.0. The number of anilines is 1. The summed E-state index contributed by atoms with van der Waals surface area (Å²) in [7, 11) is 0. The summed E-state index contributed by atoms with van der Waals surface area (Å²) in [6, 6.07) is 8.18. The molecule has 0 saturated heterocycles. The summed E-state index contributed by atoms with van der Waals surface area (Å²) < 4.78 is 0. The van der Waals surface area contributed by atoms with E-state index in [1.165, 1.54) is 6.07 Å². The molecule has 0 bridgehead atoms. The number of pyridine rings is 1. The van der Waals surface area contributed by atoms with Crippen molar-refractivity contribution in [3.8, 4) is 0 Å². The fourth-order valence-electron chi connectivity index (χ4n) is 1.42. The minimum absolute atomic E-state index is 0.279. The fourth-order valence-corrected chi connectivity index (χ4v) is 1.87. The third-order valence-electron chi connectivity index (χ3n) is 2.40. The molecule has 0 saturated carbocycles. The Morgan fingerprint density at radius 1 is 1.16 bits per heavy atom. The molecule has 98 valence electrons. The van der Waals surface area contributed by atoms with Crippen LogP contribution in [0.5, 0.6) is 0 Å². The maximum absolute atomic E-state index is 12.0. The number of alkyl halides is 1. The lowest BCUT2D eigenvalue weighted by atomic mass is 10.2. The molecule has 0 unspecified atom stereocenters. The second-order valence-electron chi connectivity index (χ2n) is 3.75. The molecule has 19 heavy (non-hydrogen) atoms. The summed E-state index contributed by atoms with van der Waals surface area (Å²) in [5.41, 5.74) is 1.76. The first-order valence-corrected chi connectivity index (χ1v) is 6.66. The summed E-state index contributed by atoms with van der Waals surface area (Å²) in [5.74, 6) is 0.0556. The normalized spacial score (nSPS) is 10.3. The molecular formula is C13H9Cl3N2O. The van der Waals surface area contributed by atoms with Crippen LogP contribution < -0.4 is 5.32 Å². The second kappa shape index (κ2) is 6.24. The number of amides is 1. The van der Waals surface area contributed by atoms with E-state index >= 15 is 0 Å². The van der Waals surface area contributed by atoms with Gasteiger partial charge in [0, 0.05) is 5.56 Å². The number of nitrogens with zero attached hydrogens (tertiary/aromatic N) is 1. The third-order valence-corrected chi connectivity index (χ3v) is 3.41. The van der Waals surface area contributed by atoms with Crippen molar-refractivity contribution in [3.63, 3.8) is 0 Å². The molecule has 2 aromatic rings. The maximum Gasteiger partial charge on any atom is 0.255 e. The van der Waals surface area contributed by atoms with E-state index in [9.17, 15) is 4.79 Å². The highest BCUT2D eigenvalue weighted by molar-refractivity contribution is 6.42. The number of carbonyl (C=O) groups excluding carboxylic acids is 1. The topological polar surface area (TPSA) is 42.0 Å². The standard InChI is InChI=1S/C13H9Cl3N2O/c14-6-9-2-3-10(7-17-9)18-13(19)8-1-4-11(15)12(16)5-8/h1-5,7H,6H2,(H,18,19). The maximum atomic E-state index is 12.0. The van der Waals surface area contributed by atoms with E-state index < -0.39 is 0 Å². The van der Waals surface area contributed by atoms with Crippen molar-refractivity contribution in [2.24, 2.45) is 0 Å². The highest BCUT2D eigenvalue weighted by Gasteiger charge is 2.08. The van der Waals surface area contributed by atoms with Crippen LogP contribution >= 0.6 is 34.8 Å². The Morgan fingerprint density at radius 3 is 2.53 bits per heavy atom. The number of carbonyl (C=O) groups is 1. The van der Waals surface area contributed by atoms with Crippen LogP contribution in [0.15, 0.2) is 36.5 Å². The van der Waals surface area contributed by atoms with Crippen molar-refractivity contribution in [2.75, 3.05) is 5.32 Å². The third kappa shape index (κ3) is 3.60.